The van der Waals surface area contributed by atoms with Crippen LogP contribution in [0.15, 0.2) is 42.7 Å². The second-order valence-electron chi connectivity index (χ2n) is 5.21. The van der Waals surface area contributed by atoms with E-state index in [2.05, 4.69) is 34.3 Å². The predicted octanol–water partition coefficient (Wildman–Crippen LogP) is 2.64. The number of carbonyl (C=O) groups is 1. The largest absolute Gasteiger partial charge is 0.354 e. The van der Waals surface area contributed by atoms with E-state index in [0.29, 0.717) is 12.2 Å². The Hall–Kier alpha value is -2.43. The van der Waals surface area contributed by atoms with Crippen molar-refractivity contribution >= 4 is 11.7 Å². The molecular weight excluding hydrogens is 276 g/mol. The van der Waals surface area contributed by atoms with Gasteiger partial charge in [-0.25, -0.2) is 9.97 Å². The van der Waals surface area contributed by atoms with Crippen molar-refractivity contribution in [2.24, 2.45) is 0 Å². The summed E-state index contributed by atoms with van der Waals surface area (Å²) < 4.78 is 0. The number of hydrogen-bond donors (Lipinski definition) is 1. The Kier molecular flexibility index (Phi) is 5.89. The van der Waals surface area contributed by atoms with Crippen LogP contribution in [-0.4, -0.2) is 29.5 Å². The predicted molar refractivity (Wildman–Crippen MR) is 87.8 cm³/mol. The zero-order valence-corrected chi connectivity index (χ0v) is 13.1. The molecule has 0 fully saturated rings. The van der Waals surface area contributed by atoms with Crippen LogP contribution in [0, 0.1) is 0 Å². The molecule has 1 aromatic heterocycles. The van der Waals surface area contributed by atoms with Gasteiger partial charge < -0.3 is 10.2 Å². The van der Waals surface area contributed by atoms with Gasteiger partial charge in [-0.3, -0.25) is 4.79 Å². The van der Waals surface area contributed by atoms with Crippen LogP contribution in [0.3, 0.4) is 0 Å². The van der Waals surface area contributed by atoms with Crippen molar-refractivity contribution in [2.75, 3.05) is 18.5 Å². The first kappa shape index (κ1) is 15.9. The maximum absolute atomic E-state index is 11.9. The summed E-state index contributed by atoms with van der Waals surface area (Å²) in [5.74, 6) is 0.576. The summed E-state index contributed by atoms with van der Waals surface area (Å²) in [5.41, 5.74) is 1.56. The molecule has 1 amide bonds. The molecule has 0 aliphatic rings. The minimum atomic E-state index is -0.168. The number of unbranched alkanes of at least 4 members (excludes halogenated alkanes) is 1. The third-order valence-electron chi connectivity index (χ3n) is 3.34. The fraction of sp³-hybridized carbons (Fsp3) is 0.353. The molecule has 0 saturated carbocycles. The van der Waals surface area contributed by atoms with Gasteiger partial charge in [0, 0.05) is 20.1 Å². The normalized spacial score (nSPS) is 10.3. The first-order valence-electron chi connectivity index (χ1n) is 7.56. The molecule has 0 spiro atoms. The molecule has 116 valence electrons. The lowest BCUT2D eigenvalue weighted by atomic mass is 10.2. The van der Waals surface area contributed by atoms with E-state index in [1.54, 1.807) is 6.20 Å². The minimum Gasteiger partial charge on any atom is -0.354 e. The number of hydrogen-bond acceptors (Lipinski definition) is 4. The first-order valence-corrected chi connectivity index (χ1v) is 7.56. The quantitative estimate of drug-likeness (QED) is 0.798. The standard InChI is InChI=1S/C17H22N4O/c1-3-4-10-18-17(22)15-11-20-16(12-19-15)21(2)13-14-8-6-5-7-9-14/h5-9,11-12H,3-4,10,13H2,1-2H3,(H,18,22). The molecule has 0 bridgehead atoms. The van der Waals surface area contributed by atoms with E-state index in [9.17, 15) is 4.79 Å². The Bertz CT molecular complexity index is 583. The van der Waals surface area contributed by atoms with Crippen molar-refractivity contribution in [3.63, 3.8) is 0 Å². The second kappa shape index (κ2) is 8.12. The van der Waals surface area contributed by atoms with Crippen molar-refractivity contribution in [3.8, 4) is 0 Å². The van der Waals surface area contributed by atoms with Crippen molar-refractivity contribution in [2.45, 2.75) is 26.3 Å². The Morgan fingerprint density at radius 2 is 1.95 bits per heavy atom. The fourth-order valence-electron chi connectivity index (χ4n) is 2.04. The number of carbonyl (C=O) groups excluding carboxylic acids is 1. The highest BCUT2D eigenvalue weighted by Gasteiger charge is 2.09. The van der Waals surface area contributed by atoms with Gasteiger partial charge in [-0.1, -0.05) is 43.7 Å². The maximum atomic E-state index is 11.9. The van der Waals surface area contributed by atoms with E-state index in [4.69, 9.17) is 0 Å². The van der Waals surface area contributed by atoms with E-state index in [-0.39, 0.29) is 5.91 Å². The van der Waals surface area contributed by atoms with Crippen LogP contribution in [0.5, 0.6) is 0 Å². The summed E-state index contributed by atoms with van der Waals surface area (Å²) in [4.78, 5) is 22.4. The van der Waals surface area contributed by atoms with Crippen LogP contribution >= 0.6 is 0 Å². The molecule has 2 aromatic rings. The molecule has 5 nitrogen and oxygen atoms in total. The lowest BCUT2D eigenvalue weighted by Gasteiger charge is -2.17. The molecular formula is C17H22N4O. The van der Waals surface area contributed by atoms with Crippen molar-refractivity contribution < 1.29 is 4.79 Å². The molecule has 2 rings (SSSR count). The highest BCUT2D eigenvalue weighted by Crippen LogP contribution is 2.11. The molecule has 0 radical (unpaired) electrons. The van der Waals surface area contributed by atoms with Crippen LogP contribution in [0.4, 0.5) is 5.82 Å². The zero-order valence-electron chi connectivity index (χ0n) is 13.1. The number of amides is 1. The number of nitrogens with one attached hydrogen (secondary N) is 1. The van der Waals surface area contributed by atoms with Crippen LogP contribution in [0.2, 0.25) is 0 Å². The third-order valence-corrected chi connectivity index (χ3v) is 3.34. The Morgan fingerprint density at radius 1 is 1.18 bits per heavy atom. The summed E-state index contributed by atoms with van der Waals surface area (Å²) in [6.07, 6.45) is 5.18. The monoisotopic (exact) mass is 298 g/mol. The number of benzene rings is 1. The minimum absolute atomic E-state index is 0.168. The summed E-state index contributed by atoms with van der Waals surface area (Å²) in [7, 11) is 1.96. The van der Waals surface area contributed by atoms with E-state index < -0.39 is 0 Å². The van der Waals surface area contributed by atoms with E-state index in [1.807, 2.05) is 30.1 Å². The van der Waals surface area contributed by atoms with E-state index in [0.717, 1.165) is 25.2 Å². The van der Waals surface area contributed by atoms with Crippen LogP contribution in [-0.2, 0) is 6.54 Å². The van der Waals surface area contributed by atoms with E-state index >= 15 is 0 Å². The summed E-state index contributed by atoms with van der Waals surface area (Å²) in [6.45, 7) is 3.51. The number of nitrogens with zero attached hydrogens (tertiary/aromatic N) is 3. The summed E-state index contributed by atoms with van der Waals surface area (Å²) >= 11 is 0. The van der Waals surface area contributed by atoms with Crippen LogP contribution in [0.1, 0.15) is 35.8 Å². The van der Waals surface area contributed by atoms with Gasteiger partial charge in [-0.15, -0.1) is 0 Å². The van der Waals surface area contributed by atoms with Crippen LogP contribution < -0.4 is 10.2 Å². The molecule has 22 heavy (non-hydrogen) atoms. The molecule has 0 atom stereocenters. The van der Waals surface area contributed by atoms with Crippen molar-refractivity contribution in [1.29, 1.82) is 0 Å². The number of aromatic nitrogens is 2. The molecule has 5 heteroatoms. The molecule has 0 aliphatic heterocycles. The Labute approximate surface area is 131 Å². The van der Waals surface area contributed by atoms with Crippen molar-refractivity contribution in [3.05, 3.63) is 54.0 Å². The van der Waals surface area contributed by atoms with Gasteiger partial charge >= 0.3 is 0 Å². The van der Waals surface area contributed by atoms with Gasteiger partial charge in [0.15, 0.2) is 0 Å². The van der Waals surface area contributed by atoms with Gasteiger partial charge in [0.1, 0.15) is 11.5 Å². The second-order valence-corrected chi connectivity index (χ2v) is 5.21. The lowest BCUT2D eigenvalue weighted by molar-refractivity contribution is 0.0948. The van der Waals surface area contributed by atoms with Gasteiger partial charge in [0.2, 0.25) is 0 Å². The van der Waals surface area contributed by atoms with Gasteiger partial charge in [-0.2, -0.15) is 0 Å². The molecule has 1 N–H and O–H groups in total. The highest BCUT2D eigenvalue weighted by atomic mass is 16.1. The topological polar surface area (TPSA) is 58.1 Å². The fourth-order valence-corrected chi connectivity index (χ4v) is 2.04. The molecule has 0 saturated heterocycles. The smallest absolute Gasteiger partial charge is 0.271 e. The molecule has 1 aromatic carbocycles. The third kappa shape index (κ3) is 4.55. The average molecular weight is 298 g/mol. The Balaban J connectivity index is 1.94. The first-order chi connectivity index (χ1) is 10.7. The van der Waals surface area contributed by atoms with Gasteiger partial charge in [0.05, 0.1) is 12.4 Å². The maximum Gasteiger partial charge on any atom is 0.271 e. The van der Waals surface area contributed by atoms with Crippen molar-refractivity contribution in [1.82, 2.24) is 15.3 Å². The number of rotatable bonds is 7. The highest BCUT2D eigenvalue weighted by molar-refractivity contribution is 5.91. The average Bonchev–Trinajstić information content (AvgIpc) is 2.56. The van der Waals surface area contributed by atoms with E-state index in [1.165, 1.54) is 11.8 Å². The Morgan fingerprint density at radius 3 is 2.59 bits per heavy atom. The number of anilines is 1. The molecule has 0 aliphatic carbocycles. The summed E-state index contributed by atoms with van der Waals surface area (Å²) in [5, 5.41) is 2.83. The molecule has 1 heterocycles. The SMILES string of the molecule is CCCCNC(=O)c1cnc(N(C)Cc2ccccc2)cn1. The van der Waals surface area contributed by atoms with Gasteiger partial charge in [-0.05, 0) is 12.0 Å². The van der Waals surface area contributed by atoms with Crippen LogP contribution in [0.25, 0.3) is 0 Å². The van der Waals surface area contributed by atoms with Gasteiger partial charge in [0.25, 0.3) is 5.91 Å². The lowest BCUT2D eigenvalue weighted by Crippen LogP contribution is -2.26. The summed E-state index contributed by atoms with van der Waals surface area (Å²) in [6, 6.07) is 10.2. The zero-order chi connectivity index (χ0) is 15.8. The molecule has 0 unspecified atom stereocenters.